The van der Waals surface area contributed by atoms with Gasteiger partial charge in [0.2, 0.25) is 11.8 Å². The minimum Gasteiger partial charge on any atom is -0.481 e. The van der Waals surface area contributed by atoms with E-state index in [1.54, 1.807) is 24.3 Å². The Morgan fingerprint density at radius 1 is 1.42 bits per heavy atom. The fourth-order valence-electron chi connectivity index (χ4n) is 2.12. The first-order chi connectivity index (χ1) is 8.99. The lowest BCUT2D eigenvalue weighted by atomic mass is 10.1. The number of hydrogen-bond donors (Lipinski definition) is 2. The topological polar surface area (TPSA) is 86.7 Å². The monoisotopic (exact) mass is 262 g/mol. The number of carboxylic acids is 1. The Labute approximate surface area is 110 Å². The highest BCUT2D eigenvalue weighted by Crippen LogP contribution is 2.27. The Morgan fingerprint density at radius 2 is 2.16 bits per heavy atom. The van der Waals surface area contributed by atoms with Gasteiger partial charge >= 0.3 is 5.97 Å². The van der Waals surface area contributed by atoms with Crippen molar-refractivity contribution in [1.29, 1.82) is 0 Å². The fraction of sp³-hybridized carbons (Fsp3) is 0.308. The molecule has 1 heterocycles. The van der Waals surface area contributed by atoms with Crippen LogP contribution >= 0.6 is 0 Å². The third-order valence-corrected chi connectivity index (χ3v) is 2.98. The Morgan fingerprint density at radius 3 is 2.74 bits per heavy atom. The smallest absolute Gasteiger partial charge is 0.316 e. The number of aliphatic carboxylic acids is 1. The second-order valence-corrected chi connectivity index (χ2v) is 4.40. The minimum atomic E-state index is -1.09. The zero-order valence-corrected chi connectivity index (χ0v) is 10.4. The number of nitrogens with zero attached hydrogens (tertiary/aromatic N) is 1. The first-order valence-electron chi connectivity index (χ1n) is 5.91. The van der Waals surface area contributed by atoms with Gasteiger partial charge in [-0.15, -0.1) is 0 Å². The SMILES string of the molecule is CC(=O)Nc1cccc(N2CCC(C(=O)O)C2=O)c1. The molecule has 1 fully saturated rings. The van der Waals surface area contributed by atoms with Gasteiger partial charge in [-0.1, -0.05) is 6.07 Å². The van der Waals surface area contributed by atoms with Crippen LogP contribution in [-0.4, -0.2) is 29.4 Å². The van der Waals surface area contributed by atoms with Crippen LogP contribution in [0, 0.1) is 5.92 Å². The van der Waals surface area contributed by atoms with Gasteiger partial charge in [0.05, 0.1) is 0 Å². The van der Waals surface area contributed by atoms with Crippen molar-refractivity contribution in [3.05, 3.63) is 24.3 Å². The predicted molar refractivity (Wildman–Crippen MR) is 68.8 cm³/mol. The van der Waals surface area contributed by atoms with Crippen molar-refractivity contribution in [2.24, 2.45) is 5.92 Å². The Hall–Kier alpha value is -2.37. The number of rotatable bonds is 3. The van der Waals surface area contributed by atoms with Crippen molar-refractivity contribution >= 4 is 29.2 Å². The van der Waals surface area contributed by atoms with Crippen molar-refractivity contribution in [3.63, 3.8) is 0 Å². The van der Waals surface area contributed by atoms with Crippen LogP contribution in [0.5, 0.6) is 0 Å². The summed E-state index contributed by atoms with van der Waals surface area (Å²) in [5.74, 6) is -2.67. The largest absolute Gasteiger partial charge is 0.481 e. The van der Waals surface area contributed by atoms with E-state index in [2.05, 4.69) is 5.32 Å². The van der Waals surface area contributed by atoms with E-state index in [9.17, 15) is 14.4 Å². The number of hydrogen-bond acceptors (Lipinski definition) is 3. The lowest BCUT2D eigenvalue weighted by Crippen LogP contribution is -2.30. The normalized spacial score (nSPS) is 18.5. The number of carbonyl (C=O) groups is 3. The summed E-state index contributed by atoms with van der Waals surface area (Å²) in [5, 5.41) is 11.5. The molecule has 1 aromatic carbocycles. The molecular weight excluding hydrogens is 248 g/mol. The third kappa shape index (κ3) is 2.73. The van der Waals surface area contributed by atoms with E-state index in [1.165, 1.54) is 11.8 Å². The van der Waals surface area contributed by atoms with Crippen molar-refractivity contribution in [2.45, 2.75) is 13.3 Å². The number of nitrogens with one attached hydrogen (secondary N) is 1. The van der Waals surface area contributed by atoms with Gasteiger partial charge in [0.15, 0.2) is 0 Å². The first-order valence-corrected chi connectivity index (χ1v) is 5.91. The summed E-state index contributed by atoms with van der Waals surface area (Å²) in [5.41, 5.74) is 1.18. The quantitative estimate of drug-likeness (QED) is 0.798. The number of carboxylic acid groups (broad SMARTS) is 1. The van der Waals surface area contributed by atoms with E-state index in [4.69, 9.17) is 5.11 Å². The molecule has 1 aliphatic rings. The van der Waals surface area contributed by atoms with Crippen LogP contribution in [0.25, 0.3) is 0 Å². The molecule has 0 spiro atoms. The maximum atomic E-state index is 11.9. The second kappa shape index (κ2) is 5.09. The molecule has 0 saturated carbocycles. The molecular formula is C13H14N2O4. The number of carbonyl (C=O) groups excluding carboxylic acids is 2. The van der Waals surface area contributed by atoms with E-state index >= 15 is 0 Å². The Kier molecular flexibility index (Phi) is 3.50. The van der Waals surface area contributed by atoms with Gasteiger partial charge in [0, 0.05) is 24.8 Å². The lowest BCUT2D eigenvalue weighted by Gasteiger charge is -2.17. The van der Waals surface area contributed by atoms with Crippen LogP contribution < -0.4 is 10.2 Å². The molecule has 0 aliphatic carbocycles. The summed E-state index contributed by atoms with van der Waals surface area (Å²) >= 11 is 0. The molecule has 2 amide bonds. The van der Waals surface area contributed by atoms with Crippen molar-refractivity contribution < 1.29 is 19.5 Å². The van der Waals surface area contributed by atoms with Crippen molar-refractivity contribution in [2.75, 3.05) is 16.8 Å². The maximum Gasteiger partial charge on any atom is 0.316 e. The van der Waals surface area contributed by atoms with Crippen molar-refractivity contribution in [1.82, 2.24) is 0 Å². The highest BCUT2D eigenvalue weighted by molar-refractivity contribution is 6.08. The number of amides is 2. The van der Waals surface area contributed by atoms with E-state index in [-0.39, 0.29) is 5.91 Å². The van der Waals surface area contributed by atoms with Crippen LogP contribution in [-0.2, 0) is 14.4 Å². The van der Waals surface area contributed by atoms with Crippen molar-refractivity contribution in [3.8, 4) is 0 Å². The molecule has 1 unspecified atom stereocenters. The molecule has 1 aromatic rings. The molecule has 1 atom stereocenters. The summed E-state index contributed by atoms with van der Waals surface area (Å²) < 4.78 is 0. The molecule has 1 saturated heterocycles. The summed E-state index contributed by atoms with van der Waals surface area (Å²) in [4.78, 5) is 35.3. The van der Waals surface area contributed by atoms with E-state index in [0.29, 0.717) is 24.3 Å². The summed E-state index contributed by atoms with van der Waals surface area (Å²) in [6, 6.07) is 6.79. The summed E-state index contributed by atoms with van der Waals surface area (Å²) in [6.07, 6.45) is 0.304. The molecule has 100 valence electrons. The summed E-state index contributed by atoms with van der Waals surface area (Å²) in [7, 11) is 0. The van der Waals surface area contributed by atoms with Crippen LogP contribution in [0.3, 0.4) is 0 Å². The zero-order chi connectivity index (χ0) is 14.0. The molecule has 6 nitrogen and oxygen atoms in total. The van der Waals surface area contributed by atoms with E-state index < -0.39 is 17.8 Å². The van der Waals surface area contributed by atoms with Crippen LogP contribution in [0.4, 0.5) is 11.4 Å². The van der Waals surface area contributed by atoms with Gasteiger partial charge in [-0.25, -0.2) is 0 Å². The molecule has 6 heteroatoms. The summed E-state index contributed by atoms with van der Waals surface area (Å²) in [6.45, 7) is 1.77. The predicted octanol–water partition coefficient (Wildman–Crippen LogP) is 1.08. The first kappa shape index (κ1) is 13.1. The lowest BCUT2D eigenvalue weighted by molar-refractivity contribution is -0.144. The standard InChI is InChI=1S/C13H14N2O4/c1-8(16)14-9-3-2-4-10(7-9)15-6-5-11(12(15)17)13(18)19/h2-4,7,11H,5-6H2,1H3,(H,14,16)(H,18,19). The molecule has 19 heavy (non-hydrogen) atoms. The molecule has 0 radical (unpaired) electrons. The Bertz CT molecular complexity index is 541. The number of anilines is 2. The van der Waals surface area contributed by atoms with Gasteiger partial charge in [0.1, 0.15) is 5.92 Å². The molecule has 2 rings (SSSR count). The zero-order valence-electron chi connectivity index (χ0n) is 10.4. The molecule has 0 bridgehead atoms. The third-order valence-electron chi connectivity index (χ3n) is 2.98. The van der Waals surface area contributed by atoms with Gasteiger partial charge < -0.3 is 15.3 Å². The van der Waals surface area contributed by atoms with Crippen LogP contribution in [0.2, 0.25) is 0 Å². The highest BCUT2D eigenvalue weighted by atomic mass is 16.4. The van der Waals surface area contributed by atoms with E-state index in [0.717, 1.165) is 0 Å². The second-order valence-electron chi connectivity index (χ2n) is 4.40. The van der Waals surface area contributed by atoms with Gasteiger partial charge in [-0.05, 0) is 24.6 Å². The Balaban J connectivity index is 2.21. The molecule has 1 aliphatic heterocycles. The van der Waals surface area contributed by atoms with Gasteiger partial charge in [-0.2, -0.15) is 0 Å². The van der Waals surface area contributed by atoms with E-state index in [1.807, 2.05) is 0 Å². The van der Waals surface area contributed by atoms with Crippen LogP contribution in [0.15, 0.2) is 24.3 Å². The minimum absolute atomic E-state index is 0.201. The molecule has 0 aromatic heterocycles. The van der Waals surface area contributed by atoms with Gasteiger partial charge in [0.25, 0.3) is 0 Å². The fourth-order valence-corrected chi connectivity index (χ4v) is 2.12. The number of benzene rings is 1. The average Bonchev–Trinajstić information content (AvgIpc) is 2.70. The van der Waals surface area contributed by atoms with Crippen LogP contribution in [0.1, 0.15) is 13.3 Å². The molecule has 2 N–H and O–H groups in total. The highest BCUT2D eigenvalue weighted by Gasteiger charge is 2.37. The van der Waals surface area contributed by atoms with Gasteiger partial charge in [-0.3, -0.25) is 14.4 Å². The average molecular weight is 262 g/mol. The maximum absolute atomic E-state index is 11.9.